The molecule has 0 saturated carbocycles. The molecule has 3 rings (SSSR count). The number of benzene rings is 1. The van der Waals surface area contributed by atoms with Gasteiger partial charge in [0.1, 0.15) is 6.61 Å². The fraction of sp³-hybridized carbons (Fsp3) is 0.200. The van der Waals surface area contributed by atoms with Crippen molar-refractivity contribution < 1.29 is 14.3 Å². The van der Waals surface area contributed by atoms with Gasteiger partial charge < -0.3 is 9.47 Å². The largest absolute Gasteiger partial charge is 0.493 e. The fourth-order valence-electron chi connectivity index (χ4n) is 2.84. The van der Waals surface area contributed by atoms with Crippen LogP contribution in [0.25, 0.3) is 6.08 Å². The number of thioether (sulfide) groups is 1. The van der Waals surface area contributed by atoms with E-state index in [-0.39, 0.29) is 12.5 Å². The first-order chi connectivity index (χ1) is 13.4. The summed E-state index contributed by atoms with van der Waals surface area (Å²) in [5.74, 6) is 3.29. The van der Waals surface area contributed by atoms with Crippen LogP contribution in [0.3, 0.4) is 0 Å². The zero-order valence-electron chi connectivity index (χ0n) is 15.5. The number of nitrogens with zero attached hydrogens (tertiary/aromatic N) is 2. The quantitative estimate of drug-likeness (QED) is 0.362. The zero-order valence-corrected chi connectivity index (χ0v) is 18.7. The van der Waals surface area contributed by atoms with E-state index in [1.54, 1.807) is 19.3 Å². The molecule has 0 atom stereocenters. The van der Waals surface area contributed by atoms with Crippen molar-refractivity contribution in [3.05, 3.63) is 50.6 Å². The average molecular weight is 477 g/mol. The molecule has 1 aromatic carbocycles. The first-order valence-electron chi connectivity index (χ1n) is 8.24. The molecule has 0 bridgehead atoms. The summed E-state index contributed by atoms with van der Waals surface area (Å²) in [4.78, 5) is 13.5. The van der Waals surface area contributed by atoms with Gasteiger partial charge in [-0.2, -0.15) is 5.01 Å². The molecule has 1 aliphatic rings. The Morgan fingerprint density at radius 1 is 1.32 bits per heavy atom. The van der Waals surface area contributed by atoms with Crippen molar-refractivity contribution in [1.82, 2.24) is 4.68 Å². The molecule has 8 heteroatoms. The predicted octanol–water partition coefficient (Wildman–Crippen LogP) is 4.43. The van der Waals surface area contributed by atoms with E-state index < -0.39 is 0 Å². The molecule has 0 spiro atoms. The Labute approximate surface area is 181 Å². The number of thiocarbonyl (C=S) groups is 1. The second-order valence-corrected chi connectivity index (χ2v) is 8.48. The third kappa shape index (κ3) is 3.83. The van der Waals surface area contributed by atoms with Crippen LogP contribution in [0, 0.1) is 26.2 Å². The van der Waals surface area contributed by atoms with Gasteiger partial charge in [0.2, 0.25) is 0 Å². The van der Waals surface area contributed by atoms with Gasteiger partial charge in [0.05, 0.1) is 16.5 Å². The summed E-state index contributed by atoms with van der Waals surface area (Å²) >= 11 is 10.2. The lowest BCUT2D eigenvalue weighted by Crippen LogP contribution is -2.39. The molecule has 0 aliphatic carbocycles. The van der Waals surface area contributed by atoms with E-state index >= 15 is 0 Å². The van der Waals surface area contributed by atoms with E-state index in [1.807, 2.05) is 36.7 Å². The molecule has 2 heterocycles. The van der Waals surface area contributed by atoms with Crippen LogP contribution in [0.1, 0.15) is 17.0 Å². The Morgan fingerprint density at radius 2 is 2.00 bits per heavy atom. The number of carbonyl (C=O) groups excluding carboxylic acids is 1. The van der Waals surface area contributed by atoms with Gasteiger partial charge in [-0.25, -0.2) is 0 Å². The maximum absolute atomic E-state index is 13.0. The number of aromatic nitrogens is 1. The van der Waals surface area contributed by atoms with Crippen LogP contribution in [0.2, 0.25) is 0 Å². The van der Waals surface area contributed by atoms with Crippen molar-refractivity contribution >= 4 is 56.2 Å². The normalized spacial score (nSPS) is 15.2. The number of hydrogen-bond acceptors (Lipinski definition) is 5. The Morgan fingerprint density at radius 3 is 2.61 bits per heavy atom. The van der Waals surface area contributed by atoms with E-state index in [1.165, 1.54) is 16.8 Å². The highest BCUT2D eigenvalue weighted by atomic mass is 79.9. The summed E-state index contributed by atoms with van der Waals surface area (Å²) in [5.41, 5.74) is 2.65. The molecule has 1 fully saturated rings. The van der Waals surface area contributed by atoms with Gasteiger partial charge in [-0.1, -0.05) is 17.7 Å². The lowest BCUT2D eigenvalue weighted by molar-refractivity contribution is -0.114. The fourth-order valence-corrected chi connectivity index (χ4v) is 4.65. The molecule has 2 aromatic rings. The standard InChI is InChI=1S/C20H17BrN2O3S2/c1-5-8-26-18-15(21)9-14(10-16(18)25-4)11-17-19(24)23(20(27)28-17)22-12(2)6-7-13(22)3/h1,6-7,9-11H,8H2,2-4H3/b17-11-. The second-order valence-electron chi connectivity index (χ2n) is 5.95. The van der Waals surface area contributed by atoms with Gasteiger partial charge in [0.15, 0.2) is 15.8 Å². The van der Waals surface area contributed by atoms with Gasteiger partial charge in [0.25, 0.3) is 5.91 Å². The minimum Gasteiger partial charge on any atom is -0.493 e. The lowest BCUT2D eigenvalue weighted by Gasteiger charge is -2.20. The van der Waals surface area contributed by atoms with E-state index in [2.05, 4.69) is 21.9 Å². The highest BCUT2D eigenvalue weighted by molar-refractivity contribution is 9.10. The molecule has 144 valence electrons. The van der Waals surface area contributed by atoms with Crippen LogP contribution in [0.4, 0.5) is 0 Å². The van der Waals surface area contributed by atoms with Crippen LogP contribution in [-0.2, 0) is 4.79 Å². The highest BCUT2D eigenvalue weighted by Gasteiger charge is 2.34. The second kappa shape index (κ2) is 8.43. The first-order valence-corrected chi connectivity index (χ1v) is 10.3. The van der Waals surface area contributed by atoms with Crippen molar-refractivity contribution in [3.8, 4) is 23.8 Å². The molecular formula is C20H17BrN2O3S2. The Kier molecular flexibility index (Phi) is 6.18. The van der Waals surface area contributed by atoms with E-state index in [0.29, 0.717) is 25.2 Å². The van der Waals surface area contributed by atoms with Gasteiger partial charge in [0, 0.05) is 11.4 Å². The molecule has 5 nitrogen and oxygen atoms in total. The predicted molar refractivity (Wildman–Crippen MR) is 120 cm³/mol. The lowest BCUT2D eigenvalue weighted by atomic mass is 10.2. The van der Waals surface area contributed by atoms with Crippen LogP contribution < -0.4 is 14.5 Å². The van der Waals surface area contributed by atoms with Crippen molar-refractivity contribution in [2.75, 3.05) is 18.7 Å². The third-order valence-corrected chi connectivity index (χ3v) is 5.93. The summed E-state index contributed by atoms with van der Waals surface area (Å²) in [6.45, 7) is 4.00. The highest BCUT2D eigenvalue weighted by Crippen LogP contribution is 2.39. The minimum absolute atomic E-state index is 0.128. The number of terminal acetylenes is 1. The van der Waals surface area contributed by atoms with Crippen LogP contribution >= 0.6 is 39.9 Å². The summed E-state index contributed by atoms with van der Waals surface area (Å²) in [5, 5.41) is 1.52. The summed E-state index contributed by atoms with van der Waals surface area (Å²) < 4.78 is 13.9. The number of ether oxygens (including phenoxy) is 2. The Balaban J connectivity index is 1.96. The SMILES string of the molecule is C#CCOc1c(Br)cc(/C=C2\SC(=S)N(n3c(C)ccc3C)C2=O)cc1OC. The zero-order chi connectivity index (χ0) is 20.4. The maximum atomic E-state index is 13.0. The number of methoxy groups -OCH3 is 1. The molecule has 1 aromatic heterocycles. The van der Waals surface area contributed by atoms with Crippen molar-refractivity contribution in [2.24, 2.45) is 0 Å². The van der Waals surface area contributed by atoms with E-state index in [9.17, 15) is 4.79 Å². The van der Waals surface area contributed by atoms with Gasteiger partial charge in [-0.15, -0.1) is 6.42 Å². The minimum atomic E-state index is -0.167. The third-order valence-electron chi connectivity index (χ3n) is 4.06. The van der Waals surface area contributed by atoms with E-state index in [4.69, 9.17) is 28.1 Å². The Hall–Kier alpha value is -2.21. The van der Waals surface area contributed by atoms with Crippen LogP contribution in [-0.4, -0.2) is 28.6 Å². The molecule has 0 N–H and O–H groups in total. The van der Waals surface area contributed by atoms with Crippen LogP contribution in [0.5, 0.6) is 11.5 Å². The molecular weight excluding hydrogens is 460 g/mol. The van der Waals surface area contributed by atoms with Gasteiger partial charge in [-0.3, -0.25) is 9.47 Å². The van der Waals surface area contributed by atoms with Gasteiger partial charge in [-0.05, 0) is 77.9 Å². The smallest absolute Gasteiger partial charge is 0.285 e. The Bertz CT molecular complexity index is 1020. The monoisotopic (exact) mass is 476 g/mol. The summed E-state index contributed by atoms with van der Waals surface area (Å²) in [7, 11) is 1.55. The number of amides is 1. The molecule has 1 amide bonds. The average Bonchev–Trinajstić information content (AvgIpc) is 3.12. The van der Waals surface area contributed by atoms with Gasteiger partial charge >= 0.3 is 0 Å². The molecule has 1 aliphatic heterocycles. The summed E-state index contributed by atoms with van der Waals surface area (Å²) in [6, 6.07) is 7.53. The van der Waals surface area contributed by atoms with Crippen molar-refractivity contribution in [3.63, 3.8) is 0 Å². The molecule has 1 saturated heterocycles. The molecule has 0 unspecified atom stereocenters. The van der Waals surface area contributed by atoms with Crippen molar-refractivity contribution in [1.29, 1.82) is 0 Å². The first kappa shape index (κ1) is 20.5. The number of hydrogen-bond donors (Lipinski definition) is 0. The van der Waals surface area contributed by atoms with E-state index in [0.717, 1.165) is 17.0 Å². The van der Waals surface area contributed by atoms with Crippen molar-refractivity contribution in [2.45, 2.75) is 13.8 Å². The number of carbonyl (C=O) groups is 1. The maximum Gasteiger partial charge on any atom is 0.285 e. The summed E-state index contributed by atoms with van der Waals surface area (Å²) in [6.07, 6.45) is 7.04. The number of rotatable bonds is 5. The topological polar surface area (TPSA) is 43.7 Å². The molecule has 0 radical (unpaired) electrons. The number of halogens is 1. The number of aryl methyl sites for hydroxylation is 2. The van der Waals surface area contributed by atoms with Crippen LogP contribution in [0.15, 0.2) is 33.6 Å². The molecule has 28 heavy (non-hydrogen) atoms.